The van der Waals surface area contributed by atoms with Gasteiger partial charge in [0.1, 0.15) is 5.57 Å². The number of hydrazine groups is 1. The fraction of sp³-hybridized carbons (Fsp3) is 0.238. The number of carbonyl (C=O) groups is 2. The van der Waals surface area contributed by atoms with Crippen LogP contribution in [0.5, 0.6) is 11.5 Å². The molecule has 1 heterocycles. The molecule has 3 rings (SSSR count). The number of carbonyl (C=O) groups excluding carboxylic acids is 2. The number of amides is 2. The second-order valence-corrected chi connectivity index (χ2v) is 6.09. The Morgan fingerprint density at radius 1 is 1.07 bits per heavy atom. The first-order valence-electron chi connectivity index (χ1n) is 8.87. The van der Waals surface area contributed by atoms with Gasteiger partial charge >= 0.3 is 0 Å². The highest BCUT2D eigenvalue weighted by molar-refractivity contribution is 6.31. The van der Waals surface area contributed by atoms with Crippen LogP contribution in [0.15, 0.2) is 54.1 Å². The monoisotopic (exact) mass is 366 g/mol. The number of ether oxygens (including phenoxy) is 2. The Morgan fingerprint density at radius 3 is 2.56 bits per heavy atom. The van der Waals surface area contributed by atoms with Gasteiger partial charge in [0, 0.05) is 0 Å². The molecule has 2 aromatic carbocycles. The van der Waals surface area contributed by atoms with Crippen LogP contribution < -0.4 is 19.9 Å². The van der Waals surface area contributed by atoms with Crippen LogP contribution in [0.3, 0.4) is 0 Å². The average molecular weight is 366 g/mol. The summed E-state index contributed by atoms with van der Waals surface area (Å²) in [4.78, 5) is 24.9. The number of nitrogens with zero attached hydrogens (tertiary/aromatic N) is 1. The van der Waals surface area contributed by atoms with E-state index in [1.807, 2.05) is 6.07 Å². The fourth-order valence-electron chi connectivity index (χ4n) is 2.70. The van der Waals surface area contributed by atoms with Gasteiger partial charge in [-0.15, -0.1) is 0 Å². The molecule has 0 bridgehead atoms. The van der Waals surface area contributed by atoms with Gasteiger partial charge in [-0.05, 0) is 42.3 Å². The van der Waals surface area contributed by atoms with Crippen LogP contribution in [-0.4, -0.2) is 25.5 Å². The van der Waals surface area contributed by atoms with Crippen molar-refractivity contribution in [2.45, 2.75) is 19.8 Å². The Labute approximate surface area is 158 Å². The third-order valence-electron chi connectivity index (χ3n) is 4.16. The van der Waals surface area contributed by atoms with Crippen molar-refractivity contribution in [3.05, 3.63) is 59.7 Å². The standard InChI is InChI=1S/C21H22N2O4/c1-3-4-12-27-18-11-10-15(14-19(18)26-2)13-17-20(24)22-23(21(17)25)16-8-6-5-7-9-16/h5-11,13-14H,3-4,12H2,1-2H3,(H,22,24). The van der Waals surface area contributed by atoms with Crippen molar-refractivity contribution in [3.8, 4) is 11.5 Å². The van der Waals surface area contributed by atoms with Crippen LogP contribution in [0.1, 0.15) is 25.3 Å². The number of methoxy groups -OCH3 is 1. The summed E-state index contributed by atoms with van der Waals surface area (Å²) in [6, 6.07) is 14.3. The second kappa shape index (κ2) is 8.40. The molecule has 0 aromatic heterocycles. The molecule has 140 valence electrons. The zero-order chi connectivity index (χ0) is 19.2. The summed E-state index contributed by atoms with van der Waals surface area (Å²) < 4.78 is 11.1. The maximum Gasteiger partial charge on any atom is 0.282 e. The van der Waals surface area contributed by atoms with Crippen molar-refractivity contribution in [1.29, 1.82) is 0 Å². The quantitative estimate of drug-likeness (QED) is 0.464. The van der Waals surface area contributed by atoms with E-state index < -0.39 is 11.8 Å². The van der Waals surface area contributed by atoms with E-state index in [0.717, 1.165) is 12.8 Å². The van der Waals surface area contributed by atoms with E-state index in [1.54, 1.807) is 55.7 Å². The van der Waals surface area contributed by atoms with Crippen molar-refractivity contribution in [2.75, 3.05) is 18.7 Å². The molecule has 0 radical (unpaired) electrons. The van der Waals surface area contributed by atoms with E-state index in [9.17, 15) is 9.59 Å². The molecule has 1 N–H and O–H groups in total. The number of hydrogen-bond donors (Lipinski definition) is 1. The first-order chi connectivity index (χ1) is 13.1. The molecule has 2 aromatic rings. The van der Waals surface area contributed by atoms with Crippen LogP contribution in [0.25, 0.3) is 6.08 Å². The summed E-state index contributed by atoms with van der Waals surface area (Å²) in [5, 5.41) is 1.24. The lowest BCUT2D eigenvalue weighted by Crippen LogP contribution is -2.35. The van der Waals surface area contributed by atoms with Crippen molar-refractivity contribution < 1.29 is 19.1 Å². The Hall–Kier alpha value is -3.28. The maximum absolute atomic E-state index is 12.6. The Morgan fingerprint density at radius 2 is 1.85 bits per heavy atom. The molecule has 0 unspecified atom stereocenters. The lowest BCUT2D eigenvalue weighted by Gasteiger charge is -2.14. The summed E-state index contributed by atoms with van der Waals surface area (Å²) in [5.41, 5.74) is 3.95. The van der Waals surface area contributed by atoms with E-state index >= 15 is 0 Å². The van der Waals surface area contributed by atoms with Gasteiger partial charge in [0.25, 0.3) is 11.8 Å². The molecule has 0 atom stereocenters. The molecule has 0 saturated carbocycles. The lowest BCUT2D eigenvalue weighted by atomic mass is 10.1. The number of hydrogen-bond acceptors (Lipinski definition) is 4. The highest BCUT2D eigenvalue weighted by atomic mass is 16.5. The molecule has 1 fully saturated rings. The van der Waals surface area contributed by atoms with Crippen LogP contribution in [-0.2, 0) is 9.59 Å². The molecule has 0 aliphatic carbocycles. The van der Waals surface area contributed by atoms with E-state index in [2.05, 4.69) is 12.3 Å². The molecule has 2 amide bonds. The maximum atomic E-state index is 12.6. The highest BCUT2D eigenvalue weighted by Gasteiger charge is 2.34. The van der Waals surface area contributed by atoms with E-state index in [1.165, 1.54) is 5.01 Å². The van der Waals surface area contributed by atoms with Gasteiger partial charge in [-0.25, -0.2) is 5.01 Å². The molecular weight excluding hydrogens is 344 g/mol. The van der Waals surface area contributed by atoms with Crippen molar-refractivity contribution in [3.63, 3.8) is 0 Å². The number of unbranched alkanes of at least 4 members (excludes halogenated alkanes) is 1. The second-order valence-electron chi connectivity index (χ2n) is 6.09. The van der Waals surface area contributed by atoms with Gasteiger partial charge in [0.05, 0.1) is 19.4 Å². The summed E-state index contributed by atoms with van der Waals surface area (Å²) in [7, 11) is 1.56. The summed E-state index contributed by atoms with van der Waals surface area (Å²) in [6.45, 7) is 2.71. The lowest BCUT2D eigenvalue weighted by molar-refractivity contribution is -0.117. The van der Waals surface area contributed by atoms with Gasteiger partial charge in [0.2, 0.25) is 0 Å². The average Bonchev–Trinajstić information content (AvgIpc) is 2.98. The molecule has 6 heteroatoms. The first-order valence-corrected chi connectivity index (χ1v) is 8.87. The zero-order valence-corrected chi connectivity index (χ0v) is 15.4. The minimum absolute atomic E-state index is 0.0700. The summed E-state index contributed by atoms with van der Waals surface area (Å²) >= 11 is 0. The fourth-order valence-corrected chi connectivity index (χ4v) is 2.70. The number of anilines is 1. The van der Waals surface area contributed by atoms with Gasteiger partial charge in [0.15, 0.2) is 11.5 Å². The smallest absolute Gasteiger partial charge is 0.282 e. The van der Waals surface area contributed by atoms with Crippen molar-refractivity contribution in [1.82, 2.24) is 5.43 Å². The van der Waals surface area contributed by atoms with E-state index in [-0.39, 0.29) is 5.57 Å². The largest absolute Gasteiger partial charge is 0.493 e. The molecule has 1 aliphatic heterocycles. The highest BCUT2D eigenvalue weighted by Crippen LogP contribution is 2.30. The van der Waals surface area contributed by atoms with Gasteiger partial charge < -0.3 is 9.47 Å². The van der Waals surface area contributed by atoms with Gasteiger partial charge in [-0.2, -0.15) is 0 Å². The van der Waals surface area contributed by atoms with Crippen molar-refractivity contribution >= 4 is 23.6 Å². The molecule has 27 heavy (non-hydrogen) atoms. The van der Waals surface area contributed by atoms with Crippen LogP contribution in [0, 0.1) is 0 Å². The minimum Gasteiger partial charge on any atom is -0.493 e. The predicted octanol–water partition coefficient (Wildman–Crippen LogP) is 3.34. The molecular formula is C21H22N2O4. The third-order valence-corrected chi connectivity index (χ3v) is 4.16. The van der Waals surface area contributed by atoms with Crippen LogP contribution in [0.4, 0.5) is 5.69 Å². The Balaban J connectivity index is 1.83. The summed E-state index contributed by atoms with van der Waals surface area (Å²) in [5.74, 6) is 0.368. The molecule has 1 aliphatic rings. The predicted molar refractivity (Wildman–Crippen MR) is 103 cm³/mol. The van der Waals surface area contributed by atoms with E-state index in [4.69, 9.17) is 9.47 Å². The summed E-state index contributed by atoms with van der Waals surface area (Å²) in [6.07, 6.45) is 3.56. The molecule has 6 nitrogen and oxygen atoms in total. The molecule has 0 spiro atoms. The number of nitrogens with one attached hydrogen (secondary N) is 1. The molecule has 1 saturated heterocycles. The Bertz CT molecular complexity index is 862. The Kier molecular flexibility index (Phi) is 5.76. The van der Waals surface area contributed by atoms with Gasteiger partial charge in [-0.3, -0.25) is 15.0 Å². The van der Waals surface area contributed by atoms with Crippen LogP contribution >= 0.6 is 0 Å². The normalized spacial score (nSPS) is 15.2. The topological polar surface area (TPSA) is 67.9 Å². The van der Waals surface area contributed by atoms with E-state index in [0.29, 0.717) is 29.4 Å². The number of para-hydroxylation sites is 1. The minimum atomic E-state index is -0.439. The number of benzene rings is 2. The van der Waals surface area contributed by atoms with Gasteiger partial charge in [-0.1, -0.05) is 37.6 Å². The SMILES string of the molecule is CCCCOc1ccc(C=C2C(=O)NN(c3ccccc3)C2=O)cc1OC. The third kappa shape index (κ3) is 4.11. The van der Waals surface area contributed by atoms with Crippen LogP contribution in [0.2, 0.25) is 0 Å². The zero-order valence-electron chi connectivity index (χ0n) is 15.4. The first kappa shape index (κ1) is 18.5. The number of rotatable bonds is 7. The van der Waals surface area contributed by atoms with Crippen molar-refractivity contribution in [2.24, 2.45) is 0 Å².